The van der Waals surface area contributed by atoms with Crippen LogP contribution in [-0.2, 0) is 22.6 Å². The fourth-order valence-corrected chi connectivity index (χ4v) is 4.20. The predicted octanol–water partition coefficient (Wildman–Crippen LogP) is 3.74. The van der Waals surface area contributed by atoms with Gasteiger partial charge in [0.15, 0.2) is 0 Å². The standard InChI is InChI=1S/C18H19BrN2O2S/c1-2-12-3-5-15(6-4-12)21-10-13(7-17(21)22)18(23)20-9-16-8-14(19)11-24-16/h3-6,8,11,13H,2,7,9-10H2,1H3,(H,20,23). The minimum absolute atomic E-state index is 0.0123. The van der Waals surface area contributed by atoms with Gasteiger partial charge in [-0.2, -0.15) is 0 Å². The molecule has 1 saturated heterocycles. The monoisotopic (exact) mass is 406 g/mol. The summed E-state index contributed by atoms with van der Waals surface area (Å²) >= 11 is 5.00. The summed E-state index contributed by atoms with van der Waals surface area (Å²) in [5.41, 5.74) is 2.11. The van der Waals surface area contributed by atoms with E-state index in [1.165, 1.54) is 5.56 Å². The Hall–Kier alpha value is -1.66. The number of rotatable bonds is 5. The molecule has 0 aliphatic carbocycles. The summed E-state index contributed by atoms with van der Waals surface area (Å²) < 4.78 is 1.02. The van der Waals surface area contributed by atoms with Crippen molar-refractivity contribution in [2.24, 2.45) is 5.92 Å². The second-order valence-corrected chi connectivity index (χ2v) is 7.79. The molecule has 4 nitrogen and oxygen atoms in total. The average Bonchev–Trinajstić information content (AvgIpc) is 3.18. The minimum atomic E-state index is -0.285. The Bertz CT molecular complexity index is 742. The van der Waals surface area contributed by atoms with Crippen LogP contribution in [0, 0.1) is 5.92 Å². The van der Waals surface area contributed by atoms with E-state index < -0.39 is 0 Å². The number of hydrogen-bond donors (Lipinski definition) is 1. The van der Waals surface area contributed by atoms with Crippen LogP contribution < -0.4 is 10.2 Å². The Morgan fingerprint density at radius 2 is 2.12 bits per heavy atom. The van der Waals surface area contributed by atoms with Gasteiger partial charge in [0, 0.05) is 33.4 Å². The van der Waals surface area contributed by atoms with Gasteiger partial charge in [-0.3, -0.25) is 9.59 Å². The predicted molar refractivity (Wildman–Crippen MR) is 100 cm³/mol. The molecule has 2 heterocycles. The number of thiophene rings is 1. The van der Waals surface area contributed by atoms with E-state index in [0.29, 0.717) is 13.1 Å². The summed E-state index contributed by atoms with van der Waals surface area (Å²) in [4.78, 5) is 27.4. The lowest BCUT2D eigenvalue weighted by atomic mass is 10.1. The third-order valence-corrected chi connectivity index (χ3v) is 5.91. The normalized spacial score (nSPS) is 17.3. The van der Waals surface area contributed by atoms with Crippen LogP contribution in [0.5, 0.6) is 0 Å². The second kappa shape index (κ2) is 7.49. The quantitative estimate of drug-likeness (QED) is 0.821. The Morgan fingerprint density at radius 1 is 1.38 bits per heavy atom. The summed E-state index contributed by atoms with van der Waals surface area (Å²) in [7, 11) is 0. The smallest absolute Gasteiger partial charge is 0.227 e. The second-order valence-electron chi connectivity index (χ2n) is 5.87. The van der Waals surface area contributed by atoms with Gasteiger partial charge >= 0.3 is 0 Å². The van der Waals surface area contributed by atoms with Crippen molar-refractivity contribution in [3.63, 3.8) is 0 Å². The highest BCUT2D eigenvalue weighted by Gasteiger charge is 2.34. The number of benzene rings is 1. The maximum absolute atomic E-state index is 12.4. The maximum Gasteiger partial charge on any atom is 0.227 e. The first-order chi connectivity index (χ1) is 11.6. The van der Waals surface area contributed by atoms with Crippen molar-refractivity contribution >= 4 is 44.8 Å². The Kier molecular flexibility index (Phi) is 5.36. The zero-order valence-corrected chi connectivity index (χ0v) is 15.8. The molecule has 0 spiro atoms. The van der Waals surface area contributed by atoms with Gasteiger partial charge in [0.05, 0.1) is 12.5 Å². The van der Waals surface area contributed by atoms with E-state index in [4.69, 9.17) is 0 Å². The van der Waals surface area contributed by atoms with E-state index in [1.807, 2.05) is 35.7 Å². The number of carbonyl (C=O) groups excluding carboxylic acids is 2. The van der Waals surface area contributed by atoms with Crippen molar-refractivity contribution in [2.75, 3.05) is 11.4 Å². The van der Waals surface area contributed by atoms with Gasteiger partial charge in [-0.25, -0.2) is 0 Å². The molecule has 24 heavy (non-hydrogen) atoms. The van der Waals surface area contributed by atoms with E-state index >= 15 is 0 Å². The van der Waals surface area contributed by atoms with E-state index in [2.05, 4.69) is 28.2 Å². The fraction of sp³-hybridized carbons (Fsp3) is 0.333. The van der Waals surface area contributed by atoms with Crippen LogP contribution in [0.2, 0.25) is 0 Å². The van der Waals surface area contributed by atoms with E-state index in [0.717, 1.165) is 21.5 Å². The number of nitrogens with one attached hydrogen (secondary N) is 1. The van der Waals surface area contributed by atoms with Gasteiger partial charge in [0.1, 0.15) is 0 Å². The summed E-state index contributed by atoms with van der Waals surface area (Å²) in [6.07, 6.45) is 1.24. The molecule has 1 aromatic heterocycles. The molecular weight excluding hydrogens is 388 g/mol. The SMILES string of the molecule is CCc1ccc(N2CC(C(=O)NCc3cc(Br)cs3)CC2=O)cc1. The van der Waals surface area contributed by atoms with Crippen LogP contribution in [0.15, 0.2) is 40.2 Å². The first kappa shape index (κ1) is 17.2. The van der Waals surface area contributed by atoms with E-state index in [9.17, 15) is 9.59 Å². The molecule has 0 bridgehead atoms. The van der Waals surface area contributed by atoms with Crippen molar-refractivity contribution < 1.29 is 9.59 Å². The van der Waals surface area contributed by atoms with Gasteiger partial charge in [0.2, 0.25) is 11.8 Å². The van der Waals surface area contributed by atoms with Crippen LogP contribution in [0.3, 0.4) is 0 Å². The first-order valence-electron chi connectivity index (χ1n) is 7.96. The van der Waals surface area contributed by atoms with Gasteiger partial charge in [0.25, 0.3) is 0 Å². The van der Waals surface area contributed by atoms with Crippen molar-refractivity contribution in [1.29, 1.82) is 0 Å². The Labute approximate surface area is 154 Å². The summed E-state index contributed by atoms with van der Waals surface area (Å²) in [6.45, 7) is 3.05. The molecule has 1 unspecified atom stereocenters. The molecule has 0 saturated carbocycles. The minimum Gasteiger partial charge on any atom is -0.351 e. The zero-order chi connectivity index (χ0) is 17.1. The number of hydrogen-bond acceptors (Lipinski definition) is 3. The molecule has 6 heteroatoms. The molecule has 0 radical (unpaired) electrons. The molecule has 1 N–H and O–H groups in total. The van der Waals surface area contributed by atoms with Crippen LogP contribution in [0.4, 0.5) is 5.69 Å². The zero-order valence-electron chi connectivity index (χ0n) is 13.4. The average molecular weight is 407 g/mol. The number of halogens is 1. The molecule has 1 aliphatic rings. The lowest BCUT2D eigenvalue weighted by Crippen LogP contribution is -2.32. The van der Waals surface area contributed by atoms with E-state index in [-0.39, 0.29) is 24.2 Å². The third-order valence-electron chi connectivity index (χ3n) is 4.21. The lowest BCUT2D eigenvalue weighted by molar-refractivity contribution is -0.126. The summed E-state index contributed by atoms with van der Waals surface area (Å²) in [6, 6.07) is 9.97. The topological polar surface area (TPSA) is 49.4 Å². The van der Waals surface area contributed by atoms with E-state index in [1.54, 1.807) is 16.2 Å². The number of nitrogens with zero attached hydrogens (tertiary/aromatic N) is 1. The highest BCUT2D eigenvalue weighted by atomic mass is 79.9. The Morgan fingerprint density at radius 3 is 2.75 bits per heavy atom. The van der Waals surface area contributed by atoms with Gasteiger partial charge in [-0.15, -0.1) is 11.3 Å². The van der Waals surface area contributed by atoms with Crippen molar-refractivity contribution in [3.05, 3.63) is 50.6 Å². The van der Waals surface area contributed by atoms with Gasteiger partial charge in [-0.1, -0.05) is 19.1 Å². The maximum atomic E-state index is 12.4. The highest BCUT2D eigenvalue weighted by Crippen LogP contribution is 2.26. The number of carbonyl (C=O) groups is 2. The Balaban J connectivity index is 1.59. The molecule has 2 aromatic rings. The molecule has 126 valence electrons. The molecule has 2 amide bonds. The van der Waals surface area contributed by atoms with Crippen LogP contribution in [-0.4, -0.2) is 18.4 Å². The largest absolute Gasteiger partial charge is 0.351 e. The molecule has 3 rings (SSSR count). The van der Waals surface area contributed by atoms with Crippen molar-refractivity contribution in [3.8, 4) is 0 Å². The van der Waals surface area contributed by atoms with Crippen molar-refractivity contribution in [1.82, 2.24) is 5.32 Å². The first-order valence-corrected chi connectivity index (χ1v) is 9.64. The summed E-state index contributed by atoms with van der Waals surface area (Å²) in [5, 5.41) is 4.93. The molecule has 1 aliphatic heterocycles. The molecule has 1 atom stereocenters. The molecule has 1 fully saturated rings. The third kappa shape index (κ3) is 3.87. The molecule has 1 aromatic carbocycles. The van der Waals surface area contributed by atoms with Crippen molar-refractivity contribution in [2.45, 2.75) is 26.3 Å². The molecular formula is C18H19BrN2O2S. The highest BCUT2D eigenvalue weighted by molar-refractivity contribution is 9.10. The van der Waals surface area contributed by atoms with Crippen LogP contribution >= 0.6 is 27.3 Å². The number of anilines is 1. The van der Waals surface area contributed by atoms with Crippen LogP contribution in [0.25, 0.3) is 0 Å². The van der Waals surface area contributed by atoms with Gasteiger partial charge < -0.3 is 10.2 Å². The number of amides is 2. The lowest BCUT2D eigenvalue weighted by Gasteiger charge is -2.17. The van der Waals surface area contributed by atoms with Crippen LogP contribution in [0.1, 0.15) is 23.8 Å². The number of aryl methyl sites for hydroxylation is 1. The summed E-state index contributed by atoms with van der Waals surface area (Å²) in [5.74, 6) is -0.328. The van der Waals surface area contributed by atoms with Gasteiger partial charge in [-0.05, 0) is 46.1 Å². The fourth-order valence-electron chi connectivity index (χ4n) is 2.81.